The fourth-order valence-corrected chi connectivity index (χ4v) is 2.00. The van der Waals surface area contributed by atoms with Crippen LogP contribution in [0.4, 0.5) is 0 Å². The molecule has 0 aliphatic heterocycles. The van der Waals surface area contributed by atoms with Gasteiger partial charge in [0.25, 0.3) is 5.91 Å². The van der Waals surface area contributed by atoms with Gasteiger partial charge in [-0.25, -0.2) is 4.98 Å². The molecule has 0 unspecified atom stereocenters. The first-order valence-electron chi connectivity index (χ1n) is 5.51. The normalized spacial score (nSPS) is 10.7. The topological polar surface area (TPSA) is 74.9 Å². The number of imidazole rings is 1. The van der Waals surface area contributed by atoms with E-state index in [-0.39, 0.29) is 6.54 Å². The number of aryl methyl sites for hydroxylation is 1. The zero-order valence-corrected chi connectivity index (χ0v) is 11.2. The number of amides is 1. The molecule has 0 radical (unpaired) electrons. The second kappa shape index (κ2) is 4.89. The maximum absolute atomic E-state index is 12.2. The van der Waals surface area contributed by atoms with Crippen LogP contribution in [0.2, 0.25) is 5.02 Å². The van der Waals surface area contributed by atoms with E-state index in [2.05, 4.69) is 4.98 Å². The van der Waals surface area contributed by atoms with Crippen LogP contribution in [0.1, 0.15) is 16.2 Å². The molecule has 2 aromatic rings. The van der Waals surface area contributed by atoms with Crippen LogP contribution in [-0.2, 0) is 4.79 Å². The zero-order chi connectivity index (χ0) is 14.2. The summed E-state index contributed by atoms with van der Waals surface area (Å²) in [6, 6.07) is 3.28. The van der Waals surface area contributed by atoms with Crippen molar-refractivity contribution >= 4 is 29.1 Å². The van der Waals surface area contributed by atoms with Gasteiger partial charge in [-0.1, -0.05) is 11.6 Å². The summed E-state index contributed by atoms with van der Waals surface area (Å²) >= 11 is 5.86. The molecule has 2 aromatic heterocycles. The lowest BCUT2D eigenvalue weighted by Crippen LogP contribution is -2.33. The summed E-state index contributed by atoms with van der Waals surface area (Å²) < 4.78 is 1.60. The quantitative estimate of drug-likeness (QED) is 0.924. The second-order valence-corrected chi connectivity index (χ2v) is 4.61. The van der Waals surface area contributed by atoms with Gasteiger partial charge in [0.1, 0.15) is 17.9 Å². The average Bonchev–Trinajstić information content (AvgIpc) is 2.62. The first-order chi connectivity index (χ1) is 8.90. The third-order valence-electron chi connectivity index (χ3n) is 2.68. The highest BCUT2D eigenvalue weighted by Crippen LogP contribution is 2.17. The molecule has 0 aromatic carbocycles. The summed E-state index contributed by atoms with van der Waals surface area (Å²) in [5.74, 6) is -1.46. The summed E-state index contributed by atoms with van der Waals surface area (Å²) in [7, 11) is 1.44. The minimum absolute atomic E-state index is 0.343. The molecule has 0 spiro atoms. The number of aromatic nitrogens is 2. The van der Waals surface area contributed by atoms with Gasteiger partial charge in [0, 0.05) is 24.3 Å². The van der Waals surface area contributed by atoms with E-state index >= 15 is 0 Å². The van der Waals surface area contributed by atoms with Crippen LogP contribution in [0.25, 0.3) is 5.65 Å². The number of aliphatic carboxylic acids is 1. The third kappa shape index (κ3) is 2.53. The van der Waals surface area contributed by atoms with Crippen molar-refractivity contribution < 1.29 is 14.7 Å². The van der Waals surface area contributed by atoms with E-state index in [0.29, 0.717) is 22.1 Å². The van der Waals surface area contributed by atoms with Crippen LogP contribution in [-0.4, -0.2) is 44.9 Å². The van der Waals surface area contributed by atoms with E-state index in [4.69, 9.17) is 16.7 Å². The van der Waals surface area contributed by atoms with Crippen molar-refractivity contribution in [1.29, 1.82) is 0 Å². The Morgan fingerprint density at radius 1 is 1.53 bits per heavy atom. The predicted octanol–water partition coefficient (Wildman–Crippen LogP) is 1.45. The minimum Gasteiger partial charge on any atom is -0.480 e. The number of halogens is 1. The summed E-state index contributed by atoms with van der Waals surface area (Å²) in [5.41, 5.74) is 1.43. The van der Waals surface area contributed by atoms with Gasteiger partial charge in [0.15, 0.2) is 0 Å². The number of rotatable bonds is 3. The fraction of sp³-hybridized carbons (Fsp3) is 0.250. The van der Waals surface area contributed by atoms with E-state index in [1.165, 1.54) is 7.05 Å². The number of pyridine rings is 1. The number of hydrogen-bond donors (Lipinski definition) is 1. The molecular formula is C12H12ClN3O3. The van der Waals surface area contributed by atoms with Gasteiger partial charge in [-0.2, -0.15) is 0 Å². The molecule has 19 heavy (non-hydrogen) atoms. The molecule has 0 aliphatic rings. The summed E-state index contributed by atoms with van der Waals surface area (Å²) in [6.07, 6.45) is 1.64. The van der Waals surface area contributed by atoms with Gasteiger partial charge >= 0.3 is 5.97 Å². The summed E-state index contributed by atoms with van der Waals surface area (Å²) in [6.45, 7) is 1.34. The molecular weight excluding hydrogens is 270 g/mol. The number of hydrogen-bond acceptors (Lipinski definition) is 3. The Morgan fingerprint density at radius 3 is 2.84 bits per heavy atom. The van der Waals surface area contributed by atoms with Crippen molar-refractivity contribution in [1.82, 2.24) is 14.3 Å². The number of carbonyl (C=O) groups excluding carboxylic acids is 1. The first kappa shape index (κ1) is 13.4. The van der Waals surface area contributed by atoms with Gasteiger partial charge < -0.3 is 10.0 Å². The lowest BCUT2D eigenvalue weighted by Gasteiger charge is -2.14. The fourth-order valence-electron chi connectivity index (χ4n) is 1.85. The molecule has 2 heterocycles. The number of nitrogens with zero attached hydrogens (tertiary/aromatic N) is 3. The Bertz CT molecular complexity index is 666. The highest BCUT2D eigenvalue weighted by Gasteiger charge is 2.21. The third-order valence-corrected chi connectivity index (χ3v) is 2.92. The number of carboxylic acids is 1. The molecule has 0 saturated heterocycles. The minimum atomic E-state index is -1.06. The van der Waals surface area contributed by atoms with E-state index in [0.717, 1.165) is 4.90 Å². The molecule has 0 bridgehead atoms. The van der Waals surface area contributed by atoms with Gasteiger partial charge in [-0.3, -0.25) is 14.0 Å². The van der Waals surface area contributed by atoms with E-state index in [1.807, 2.05) is 0 Å². The zero-order valence-electron chi connectivity index (χ0n) is 10.4. The predicted molar refractivity (Wildman–Crippen MR) is 69.5 cm³/mol. The molecule has 0 aliphatic carbocycles. The standard InChI is InChI=1S/C12H12ClN3O3/c1-7-11(12(19)15(2)6-10(17)18)16-4-3-8(13)5-9(16)14-7/h3-5H,6H2,1-2H3,(H,17,18). The van der Waals surface area contributed by atoms with Gasteiger partial charge in [0.05, 0.1) is 5.69 Å². The SMILES string of the molecule is Cc1nc2cc(Cl)ccn2c1C(=O)N(C)CC(=O)O. The van der Waals surface area contributed by atoms with E-state index < -0.39 is 11.9 Å². The van der Waals surface area contributed by atoms with Crippen molar-refractivity contribution in [3.8, 4) is 0 Å². The van der Waals surface area contributed by atoms with Crippen LogP contribution in [0, 0.1) is 6.92 Å². The lowest BCUT2D eigenvalue weighted by atomic mass is 10.3. The molecule has 7 heteroatoms. The van der Waals surface area contributed by atoms with Crippen molar-refractivity contribution in [2.45, 2.75) is 6.92 Å². The Labute approximate surface area is 114 Å². The van der Waals surface area contributed by atoms with E-state index in [9.17, 15) is 9.59 Å². The van der Waals surface area contributed by atoms with Crippen LogP contribution in [0.15, 0.2) is 18.3 Å². The van der Waals surface area contributed by atoms with Gasteiger partial charge in [0.2, 0.25) is 0 Å². The van der Waals surface area contributed by atoms with Crippen LogP contribution < -0.4 is 0 Å². The summed E-state index contributed by atoms with van der Waals surface area (Å²) in [4.78, 5) is 28.2. The molecule has 100 valence electrons. The first-order valence-corrected chi connectivity index (χ1v) is 5.89. The highest BCUT2D eigenvalue weighted by molar-refractivity contribution is 6.30. The van der Waals surface area contributed by atoms with E-state index in [1.54, 1.807) is 29.7 Å². The van der Waals surface area contributed by atoms with Crippen molar-refractivity contribution in [3.63, 3.8) is 0 Å². The number of carbonyl (C=O) groups is 2. The molecule has 2 rings (SSSR count). The number of fused-ring (bicyclic) bond motifs is 1. The van der Waals surface area contributed by atoms with Crippen molar-refractivity contribution in [3.05, 3.63) is 34.7 Å². The Kier molecular flexibility index (Phi) is 3.44. The van der Waals surface area contributed by atoms with Crippen molar-refractivity contribution in [2.24, 2.45) is 0 Å². The Hall–Kier alpha value is -2.08. The number of likely N-dealkylation sites (N-methyl/N-ethyl adjacent to an activating group) is 1. The summed E-state index contributed by atoms with van der Waals surface area (Å²) in [5, 5.41) is 9.24. The molecule has 1 N–H and O–H groups in total. The Balaban J connectivity index is 2.47. The monoisotopic (exact) mass is 281 g/mol. The smallest absolute Gasteiger partial charge is 0.323 e. The van der Waals surface area contributed by atoms with Gasteiger partial charge in [-0.15, -0.1) is 0 Å². The van der Waals surface area contributed by atoms with Crippen molar-refractivity contribution in [2.75, 3.05) is 13.6 Å². The molecule has 0 saturated carbocycles. The van der Waals surface area contributed by atoms with Crippen LogP contribution >= 0.6 is 11.6 Å². The largest absolute Gasteiger partial charge is 0.480 e. The molecule has 0 atom stereocenters. The number of carboxylic acid groups (broad SMARTS) is 1. The van der Waals surface area contributed by atoms with Crippen LogP contribution in [0.5, 0.6) is 0 Å². The maximum atomic E-state index is 12.2. The second-order valence-electron chi connectivity index (χ2n) is 4.17. The average molecular weight is 282 g/mol. The molecule has 0 fully saturated rings. The highest BCUT2D eigenvalue weighted by atomic mass is 35.5. The molecule has 6 nitrogen and oxygen atoms in total. The lowest BCUT2D eigenvalue weighted by molar-refractivity contribution is -0.137. The van der Waals surface area contributed by atoms with Gasteiger partial charge in [-0.05, 0) is 13.0 Å². The maximum Gasteiger partial charge on any atom is 0.323 e. The van der Waals surface area contributed by atoms with Crippen LogP contribution in [0.3, 0.4) is 0 Å². The molecule has 1 amide bonds. The Morgan fingerprint density at radius 2 is 2.21 bits per heavy atom.